The summed E-state index contributed by atoms with van der Waals surface area (Å²) < 4.78 is 28.3. The number of ether oxygens (including phenoxy) is 1. The van der Waals surface area contributed by atoms with Crippen molar-refractivity contribution in [1.29, 1.82) is 0 Å². The van der Waals surface area contributed by atoms with Crippen LogP contribution in [0.5, 0.6) is 5.75 Å². The first-order valence-corrected chi connectivity index (χ1v) is 9.01. The van der Waals surface area contributed by atoms with Gasteiger partial charge in [0.05, 0.1) is 5.75 Å². The van der Waals surface area contributed by atoms with E-state index >= 15 is 0 Å². The van der Waals surface area contributed by atoms with Gasteiger partial charge >= 0.3 is 0 Å². The van der Waals surface area contributed by atoms with E-state index in [1.807, 2.05) is 32.0 Å². The van der Waals surface area contributed by atoms with Gasteiger partial charge in [-0.3, -0.25) is 0 Å². The fourth-order valence-electron chi connectivity index (χ4n) is 1.79. The molecule has 124 valence electrons. The summed E-state index contributed by atoms with van der Waals surface area (Å²) in [5, 5.41) is 3.69. The highest BCUT2D eigenvalue weighted by molar-refractivity contribution is 7.91. The van der Waals surface area contributed by atoms with E-state index in [1.165, 1.54) is 0 Å². The quantitative estimate of drug-likeness (QED) is 0.323. The molecule has 0 bridgehead atoms. The normalized spacial score (nSPS) is 12.2. The van der Waals surface area contributed by atoms with E-state index in [2.05, 4.69) is 5.16 Å². The van der Waals surface area contributed by atoms with Gasteiger partial charge in [0.15, 0.2) is 6.61 Å². The number of amidine groups is 1. The molecule has 0 radical (unpaired) electrons. The standard InChI is InChI=1S/C15H24N2O4S/c1-4-22(18,19)11-8-14(16)17-21-10-9-20-15-12(2)6-5-7-13(15)3/h5-7H,4,8-11H2,1-3H3,(H2,16,17). The van der Waals surface area contributed by atoms with Crippen LogP contribution in [0.1, 0.15) is 24.5 Å². The third kappa shape index (κ3) is 6.34. The van der Waals surface area contributed by atoms with Crippen molar-refractivity contribution in [2.24, 2.45) is 10.9 Å². The molecule has 1 rings (SSSR count). The highest BCUT2D eigenvalue weighted by Gasteiger charge is 2.08. The lowest BCUT2D eigenvalue weighted by molar-refractivity contribution is 0.106. The first-order chi connectivity index (χ1) is 10.4. The second kappa shape index (κ2) is 8.63. The molecule has 2 N–H and O–H groups in total. The zero-order valence-corrected chi connectivity index (χ0v) is 14.1. The number of benzene rings is 1. The maximum Gasteiger partial charge on any atom is 0.151 e. The van der Waals surface area contributed by atoms with E-state index in [1.54, 1.807) is 6.92 Å². The lowest BCUT2D eigenvalue weighted by atomic mass is 10.1. The monoisotopic (exact) mass is 328 g/mol. The number of rotatable bonds is 9. The average molecular weight is 328 g/mol. The van der Waals surface area contributed by atoms with Crippen LogP contribution in [-0.2, 0) is 14.7 Å². The van der Waals surface area contributed by atoms with Crippen LogP contribution >= 0.6 is 0 Å². The minimum atomic E-state index is -3.04. The number of sulfone groups is 1. The third-order valence-corrected chi connectivity index (χ3v) is 4.83. The van der Waals surface area contributed by atoms with Gasteiger partial charge in [0.25, 0.3) is 0 Å². The Morgan fingerprint density at radius 2 is 1.86 bits per heavy atom. The molecular formula is C15H24N2O4S. The molecular weight excluding hydrogens is 304 g/mol. The fourth-order valence-corrected chi connectivity index (χ4v) is 2.60. The Morgan fingerprint density at radius 3 is 2.45 bits per heavy atom. The van der Waals surface area contributed by atoms with E-state index in [9.17, 15) is 8.42 Å². The number of hydrogen-bond donors (Lipinski definition) is 1. The number of nitrogens with zero attached hydrogens (tertiary/aromatic N) is 1. The fraction of sp³-hybridized carbons (Fsp3) is 0.533. The SMILES string of the molecule is CCS(=O)(=O)CC/C(N)=N\OCCOc1c(C)cccc1C. The molecule has 0 atom stereocenters. The van der Waals surface area contributed by atoms with Crippen LogP contribution < -0.4 is 10.5 Å². The van der Waals surface area contributed by atoms with Crippen LogP contribution in [0.2, 0.25) is 0 Å². The molecule has 0 aliphatic rings. The minimum absolute atomic E-state index is 0.0128. The van der Waals surface area contributed by atoms with E-state index in [4.69, 9.17) is 15.3 Å². The van der Waals surface area contributed by atoms with Crippen LogP contribution in [0.15, 0.2) is 23.4 Å². The van der Waals surface area contributed by atoms with Crippen LogP contribution in [0, 0.1) is 13.8 Å². The van der Waals surface area contributed by atoms with Crippen molar-refractivity contribution < 1.29 is 18.0 Å². The largest absolute Gasteiger partial charge is 0.489 e. The molecule has 0 fully saturated rings. The zero-order valence-electron chi connectivity index (χ0n) is 13.3. The van der Waals surface area contributed by atoms with Crippen molar-refractivity contribution in [2.75, 3.05) is 24.7 Å². The summed E-state index contributed by atoms with van der Waals surface area (Å²) in [7, 11) is -3.04. The Balaban J connectivity index is 2.31. The van der Waals surface area contributed by atoms with Crippen molar-refractivity contribution in [3.8, 4) is 5.75 Å². The molecule has 0 spiro atoms. The van der Waals surface area contributed by atoms with Crippen LogP contribution in [0.25, 0.3) is 0 Å². The minimum Gasteiger partial charge on any atom is -0.489 e. The van der Waals surface area contributed by atoms with Gasteiger partial charge in [-0.15, -0.1) is 0 Å². The molecule has 22 heavy (non-hydrogen) atoms. The number of para-hydroxylation sites is 1. The summed E-state index contributed by atoms with van der Waals surface area (Å²) in [6.45, 7) is 6.15. The van der Waals surface area contributed by atoms with Gasteiger partial charge < -0.3 is 15.3 Å². The second-order valence-electron chi connectivity index (χ2n) is 4.97. The lowest BCUT2D eigenvalue weighted by Gasteiger charge is -2.11. The first kappa shape index (κ1) is 18.3. The average Bonchev–Trinajstić information content (AvgIpc) is 2.47. The van der Waals surface area contributed by atoms with Gasteiger partial charge in [-0.05, 0) is 25.0 Å². The van der Waals surface area contributed by atoms with Crippen LogP contribution in [0.3, 0.4) is 0 Å². The molecule has 6 nitrogen and oxygen atoms in total. The van der Waals surface area contributed by atoms with Crippen LogP contribution in [0.4, 0.5) is 0 Å². The first-order valence-electron chi connectivity index (χ1n) is 7.19. The topological polar surface area (TPSA) is 91.0 Å². The highest BCUT2D eigenvalue weighted by Crippen LogP contribution is 2.21. The van der Waals surface area contributed by atoms with Gasteiger partial charge in [0.1, 0.15) is 28.0 Å². The number of aryl methyl sites for hydroxylation is 2. The van der Waals surface area contributed by atoms with E-state index in [0.717, 1.165) is 16.9 Å². The molecule has 0 aromatic heterocycles. The maximum atomic E-state index is 11.3. The molecule has 0 saturated heterocycles. The maximum absolute atomic E-state index is 11.3. The molecule has 0 heterocycles. The van der Waals surface area contributed by atoms with Gasteiger partial charge in [0, 0.05) is 12.2 Å². The zero-order chi connectivity index (χ0) is 16.6. The van der Waals surface area contributed by atoms with Crippen molar-refractivity contribution >= 4 is 15.7 Å². The third-order valence-electron chi connectivity index (χ3n) is 3.12. The van der Waals surface area contributed by atoms with Gasteiger partial charge in [0.2, 0.25) is 0 Å². The Morgan fingerprint density at radius 1 is 1.23 bits per heavy atom. The lowest BCUT2D eigenvalue weighted by Crippen LogP contribution is -2.19. The summed E-state index contributed by atoms with van der Waals surface area (Å²) >= 11 is 0. The van der Waals surface area contributed by atoms with Gasteiger partial charge in [-0.2, -0.15) is 0 Å². The highest BCUT2D eigenvalue weighted by atomic mass is 32.2. The number of oxime groups is 1. The molecule has 0 unspecified atom stereocenters. The summed E-state index contributed by atoms with van der Waals surface area (Å²) in [5.74, 6) is 1.10. The Bertz CT molecular complexity index is 592. The molecule has 7 heteroatoms. The van der Waals surface area contributed by atoms with Crippen molar-refractivity contribution in [1.82, 2.24) is 0 Å². The molecule has 0 aliphatic heterocycles. The Labute approximate surface area is 132 Å². The predicted octanol–water partition coefficient (Wildman–Crippen LogP) is 1.80. The van der Waals surface area contributed by atoms with Gasteiger partial charge in [-0.25, -0.2) is 8.42 Å². The summed E-state index contributed by atoms with van der Waals surface area (Å²) in [5.41, 5.74) is 7.72. The summed E-state index contributed by atoms with van der Waals surface area (Å²) in [6.07, 6.45) is 0.175. The molecule has 1 aromatic carbocycles. The molecule has 0 aliphatic carbocycles. The molecule has 0 saturated carbocycles. The number of hydrogen-bond acceptors (Lipinski definition) is 5. The summed E-state index contributed by atoms with van der Waals surface area (Å²) in [6, 6.07) is 5.93. The van der Waals surface area contributed by atoms with Crippen molar-refractivity contribution in [2.45, 2.75) is 27.2 Å². The molecule has 1 aromatic rings. The van der Waals surface area contributed by atoms with Crippen molar-refractivity contribution in [3.63, 3.8) is 0 Å². The second-order valence-corrected chi connectivity index (χ2v) is 7.44. The number of nitrogens with two attached hydrogens (primary N) is 1. The summed E-state index contributed by atoms with van der Waals surface area (Å²) in [4.78, 5) is 5.04. The molecule has 0 amide bonds. The van der Waals surface area contributed by atoms with Crippen LogP contribution in [-0.4, -0.2) is 39.0 Å². The van der Waals surface area contributed by atoms with E-state index < -0.39 is 9.84 Å². The predicted molar refractivity (Wildman–Crippen MR) is 87.9 cm³/mol. The smallest absolute Gasteiger partial charge is 0.151 e. The van der Waals surface area contributed by atoms with Crippen molar-refractivity contribution in [3.05, 3.63) is 29.3 Å². The van der Waals surface area contributed by atoms with Gasteiger partial charge in [-0.1, -0.05) is 30.3 Å². The Kier molecular flexibility index (Phi) is 7.17. The van der Waals surface area contributed by atoms with E-state index in [-0.39, 0.29) is 30.4 Å². The Hall–Kier alpha value is -1.76. The van der Waals surface area contributed by atoms with E-state index in [0.29, 0.717) is 6.61 Å².